The third kappa shape index (κ3) is 1.91. The van der Waals surface area contributed by atoms with Crippen LogP contribution < -0.4 is 10.5 Å². The van der Waals surface area contributed by atoms with Crippen LogP contribution in [0.25, 0.3) is 0 Å². The Morgan fingerprint density at radius 3 is 3.06 bits per heavy atom. The molecule has 2 aliphatic rings. The summed E-state index contributed by atoms with van der Waals surface area (Å²) in [6.07, 6.45) is 2.51. The van der Waals surface area contributed by atoms with E-state index in [4.69, 9.17) is 10.5 Å². The lowest BCUT2D eigenvalue weighted by molar-refractivity contribution is 0.0826. The maximum Gasteiger partial charge on any atom is 0.124 e. The molecule has 0 radical (unpaired) electrons. The summed E-state index contributed by atoms with van der Waals surface area (Å²) in [6, 6.07) is 9.48. The van der Waals surface area contributed by atoms with Gasteiger partial charge in [-0.25, -0.2) is 0 Å². The van der Waals surface area contributed by atoms with Crippen LogP contribution in [0.3, 0.4) is 0 Å². The Morgan fingerprint density at radius 2 is 2.22 bits per heavy atom. The van der Waals surface area contributed by atoms with Crippen molar-refractivity contribution in [3.63, 3.8) is 0 Å². The van der Waals surface area contributed by atoms with Crippen LogP contribution in [-0.4, -0.2) is 30.6 Å². The Labute approximate surface area is 109 Å². The molecular weight excluding hydrogens is 224 g/mol. The highest BCUT2D eigenvalue weighted by Gasteiger charge is 2.37. The number of benzene rings is 1. The van der Waals surface area contributed by atoms with Crippen molar-refractivity contribution in [3.8, 4) is 5.75 Å². The van der Waals surface area contributed by atoms with Crippen LogP contribution in [0.2, 0.25) is 0 Å². The first-order valence-corrected chi connectivity index (χ1v) is 6.99. The van der Waals surface area contributed by atoms with Gasteiger partial charge in [0.25, 0.3) is 0 Å². The second-order valence-corrected chi connectivity index (χ2v) is 5.54. The Balaban J connectivity index is 1.95. The van der Waals surface area contributed by atoms with Crippen molar-refractivity contribution < 1.29 is 4.74 Å². The van der Waals surface area contributed by atoms with Gasteiger partial charge >= 0.3 is 0 Å². The molecule has 3 rings (SSSR count). The molecule has 98 valence electrons. The zero-order valence-electron chi connectivity index (χ0n) is 11.0. The number of ether oxygens (including phenoxy) is 1. The quantitative estimate of drug-likeness (QED) is 0.869. The van der Waals surface area contributed by atoms with E-state index in [1.54, 1.807) is 0 Å². The Kier molecular flexibility index (Phi) is 3.27. The number of fused-ring (bicyclic) bond motifs is 1. The zero-order valence-corrected chi connectivity index (χ0v) is 11.0. The van der Waals surface area contributed by atoms with Gasteiger partial charge in [0.15, 0.2) is 0 Å². The van der Waals surface area contributed by atoms with Crippen molar-refractivity contribution in [2.45, 2.75) is 31.8 Å². The zero-order chi connectivity index (χ0) is 12.5. The first kappa shape index (κ1) is 12.0. The average molecular weight is 246 g/mol. The molecule has 0 aliphatic carbocycles. The van der Waals surface area contributed by atoms with Gasteiger partial charge in [-0.1, -0.05) is 25.1 Å². The molecule has 3 heteroatoms. The number of nitrogens with two attached hydrogens (primary N) is 1. The molecular formula is C15H22N2O. The molecule has 3 nitrogen and oxygen atoms in total. The summed E-state index contributed by atoms with van der Waals surface area (Å²) in [5.41, 5.74) is 7.27. The predicted molar refractivity (Wildman–Crippen MR) is 72.6 cm³/mol. The van der Waals surface area contributed by atoms with Crippen LogP contribution in [0.15, 0.2) is 24.3 Å². The van der Waals surface area contributed by atoms with E-state index in [0.29, 0.717) is 18.0 Å². The first-order valence-electron chi connectivity index (χ1n) is 6.99. The summed E-state index contributed by atoms with van der Waals surface area (Å²) in [5.74, 6) is 1.59. The van der Waals surface area contributed by atoms with Gasteiger partial charge in [0, 0.05) is 30.1 Å². The SMILES string of the molecule is CC1COc2ccccc2C1N1CCCC1CN. The first-order chi connectivity index (χ1) is 8.81. The average Bonchev–Trinajstić information content (AvgIpc) is 2.86. The highest BCUT2D eigenvalue weighted by atomic mass is 16.5. The molecule has 1 saturated heterocycles. The normalized spacial score (nSPS) is 32.0. The highest BCUT2D eigenvalue weighted by molar-refractivity contribution is 5.38. The molecule has 0 saturated carbocycles. The minimum absolute atomic E-state index is 0.478. The smallest absolute Gasteiger partial charge is 0.124 e. The third-order valence-electron chi connectivity index (χ3n) is 4.33. The molecule has 18 heavy (non-hydrogen) atoms. The number of rotatable bonds is 2. The van der Waals surface area contributed by atoms with Crippen LogP contribution in [0.1, 0.15) is 31.4 Å². The number of hydrogen-bond acceptors (Lipinski definition) is 3. The summed E-state index contributed by atoms with van der Waals surface area (Å²) in [4.78, 5) is 2.60. The molecule has 1 aromatic rings. The number of hydrogen-bond donors (Lipinski definition) is 1. The van der Waals surface area contributed by atoms with Crippen molar-refractivity contribution in [1.82, 2.24) is 4.90 Å². The van der Waals surface area contributed by atoms with Crippen molar-refractivity contribution in [1.29, 1.82) is 0 Å². The number of likely N-dealkylation sites (tertiary alicyclic amines) is 1. The molecule has 0 bridgehead atoms. The summed E-state index contributed by atoms with van der Waals surface area (Å²) in [5, 5.41) is 0. The fourth-order valence-electron chi connectivity index (χ4n) is 3.46. The van der Waals surface area contributed by atoms with Gasteiger partial charge in [0.05, 0.1) is 6.61 Å². The third-order valence-corrected chi connectivity index (χ3v) is 4.33. The van der Waals surface area contributed by atoms with Gasteiger partial charge in [-0.05, 0) is 25.5 Å². The van der Waals surface area contributed by atoms with Crippen molar-refractivity contribution in [2.24, 2.45) is 11.7 Å². The fraction of sp³-hybridized carbons (Fsp3) is 0.600. The molecule has 2 N–H and O–H groups in total. The lowest BCUT2D eigenvalue weighted by Gasteiger charge is -2.40. The van der Waals surface area contributed by atoms with E-state index in [9.17, 15) is 0 Å². The van der Waals surface area contributed by atoms with E-state index in [2.05, 4.69) is 36.1 Å². The summed E-state index contributed by atoms with van der Waals surface area (Å²) in [6.45, 7) is 5.04. The second-order valence-electron chi connectivity index (χ2n) is 5.54. The van der Waals surface area contributed by atoms with Gasteiger partial charge < -0.3 is 10.5 Å². The molecule has 3 atom stereocenters. The maximum atomic E-state index is 5.92. The highest BCUT2D eigenvalue weighted by Crippen LogP contribution is 2.41. The lowest BCUT2D eigenvalue weighted by atomic mass is 9.90. The van der Waals surface area contributed by atoms with Crippen molar-refractivity contribution >= 4 is 0 Å². The standard InChI is InChI=1S/C15H22N2O/c1-11-10-18-14-7-3-2-6-13(14)15(11)17-8-4-5-12(17)9-16/h2-3,6-7,11-12,15H,4-5,8-10,16H2,1H3. The molecule has 0 aromatic heterocycles. The monoisotopic (exact) mass is 246 g/mol. The fourth-order valence-corrected chi connectivity index (χ4v) is 3.46. The minimum Gasteiger partial charge on any atom is -0.493 e. The Bertz CT molecular complexity index is 421. The van der Waals surface area contributed by atoms with E-state index in [1.807, 2.05) is 0 Å². The number of para-hydroxylation sites is 1. The van der Waals surface area contributed by atoms with Gasteiger partial charge in [0.1, 0.15) is 5.75 Å². The molecule has 0 amide bonds. The molecule has 0 spiro atoms. The maximum absolute atomic E-state index is 5.92. The molecule has 3 unspecified atom stereocenters. The van der Waals surface area contributed by atoms with E-state index in [1.165, 1.54) is 24.9 Å². The van der Waals surface area contributed by atoms with Crippen molar-refractivity contribution in [2.75, 3.05) is 19.7 Å². The lowest BCUT2D eigenvalue weighted by Crippen LogP contribution is -2.43. The van der Waals surface area contributed by atoms with Crippen LogP contribution >= 0.6 is 0 Å². The van der Waals surface area contributed by atoms with Gasteiger partial charge in [-0.3, -0.25) is 4.90 Å². The topological polar surface area (TPSA) is 38.5 Å². The minimum atomic E-state index is 0.478. The van der Waals surface area contributed by atoms with Gasteiger partial charge in [0.2, 0.25) is 0 Å². The summed E-state index contributed by atoms with van der Waals surface area (Å²) >= 11 is 0. The van der Waals surface area contributed by atoms with Gasteiger partial charge in [-0.15, -0.1) is 0 Å². The predicted octanol–water partition coefficient (Wildman–Crippen LogP) is 2.18. The van der Waals surface area contributed by atoms with Gasteiger partial charge in [-0.2, -0.15) is 0 Å². The van der Waals surface area contributed by atoms with E-state index < -0.39 is 0 Å². The molecule has 1 fully saturated rings. The van der Waals surface area contributed by atoms with Crippen molar-refractivity contribution in [3.05, 3.63) is 29.8 Å². The van der Waals surface area contributed by atoms with E-state index in [-0.39, 0.29) is 0 Å². The van der Waals surface area contributed by atoms with Crippen LogP contribution in [0.4, 0.5) is 0 Å². The van der Waals surface area contributed by atoms with Crippen LogP contribution in [0, 0.1) is 5.92 Å². The molecule has 1 aromatic carbocycles. The van der Waals surface area contributed by atoms with E-state index >= 15 is 0 Å². The molecule has 2 aliphatic heterocycles. The largest absolute Gasteiger partial charge is 0.493 e. The second kappa shape index (κ2) is 4.90. The Morgan fingerprint density at radius 1 is 1.39 bits per heavy atom. The summed E-state index contributed by atoms with van der Waals surface area (Å²) < 4.78 is 5.84. The molecule has 2 heterocycles. The Hall–Kier alpha value is -1.06. The number of nitrogens with zero attached hydrogens (tertiary/aromatic N) is 1. The summed E-state index contributed by atoms with van der Waals surface area (Å²) in [7, 11) is 0. The van der Waals surface area contributed by atoms with Crippen LogP contribution in [0.5, 0.6) is 5.75 Å². The van der Waals surface area contributed by atoms with E-state index in [0.717, 1.165) is 18.9 Å². The van der Waals surface area contributed by atoms with Crippen LogP contribution in [-0.2, 0) is 0 Å².